The van der Waals surface area contributed by atoms with Gasteiger partial charge in [0.25, 0.3) is 0 Å². The van der Waals surface area contributed by atoms with Crippen LogP contribution in [0.15, 0.2) is 12.4 Å². The Morgan fingerprint density at radius 1 is 1.48 bits per heavy atom. The van der Waals surface area contributed by atoms with Crippen molar-refractivity contribution in [2.75, 3.05) is 27.3 Å². The van der Waals surface area contributed by atoms with Gasteiger partial charge in [-0.3, -0.25) is 14.8 Å². The molecule has 0 unspecified atom stereocenters. The Kier molecular flexibility index (Phi) is 5.19. The van der Waals surface area contributed by atoms with Crippen molar-refractivity contribution in [3.05, 3.63) is 35.2 Å². The molecule has 0 fully saturated rings. The van der Waals surface area contributed by atoms with Crippen LogP contribution in [0.5, 0.6) is 0 Å². The molecule has 1 amide bonds. The lowest BCUT2D eigenvalue weighted by atomic mass is 10.0. The predicted molar refractivity (Wildman–Crippen MR) is 92.8 cm³/mol. The maximum atomic E-state index is 11.7. The summed E-state index contributed by atoms with van der Waals surface area (Å²) in [4.78, 5) is 20.1. The molecule has 0 bridgehead atoms. The van der Waals surface area contributed by atoms with Crippen molar-refractivity contribution in [2.24, 2.45) is 7.05 Å². The lowest BCUT2D eigenvalue weighted by molar-refractivity contribution is -0.134. The van der Waals surface area contributed by atoms with Crippen LogP contribution in [0.25, 0.3) is 0 Å². The zero-order chi connectivity index (χ0) is 18.0. The maximum Gasteiger partial charge on any atom is 0.248 e. The minimum atomic E-state index is -0.0218. The summed E-state index contributed by atoms with van der Waals surface area (Å²) in [5, 5.41) is 7.33. The van der Waals surface area contributed by atoms with Crippen molar-refractivity contribution in [1.82, 2.24) is 29.5 Å². The highest BCUT2D eigenvalue weighted by molar-refractivity contribution is 5.76. The van der Waals surface area contributed by atoms with Crippen LogP contribution in [-0.4, -0.2) is 68.8 Å². The molecular formula is C17H26N6O2. The number of H-pyrrole nitrogens is 1. The van der Waals surface area contributed by atoms with E-state index >= 15 is 0 Å². The van der Waals surface area contributed by atoms with Crippen LogP contribution in [-0.2, 0) is 36.1 Å². The average Bonchev–Trinajstić information content (AvgIpc) is 3.13. The molecule has 1 N–H and O–H groups in total. The zero-order valence-electron chi connectivity index (χ0n) is 15.3. The Morgan fingerprint density at radius 3 is 2.96 bits per heavy atom. The van der Waals surface area contributed by atoms with Crippen molar-refractivity contribution >= 4 is 5.91 Å². The first-order valence-corrected chi connectivity index (χ1v) is 8.46. The third kappa shape index (κ3) is 4.08. The average molecular weight is 346 g/mol. The van der Waals surface area contributed by atoms with Crippen LogP contribution >= 0.6 is 0 Å². The Balaban J connectivity index is 1.69. The quantitative estimate of drug-likeness (QED) is 0.823. The first kappa shape index (κ1) is 17.6. The second-order valence-corrected chi connectivity index (χ2v) is 6.86. The highest BCUT2D eigenvalue weighted by Crippen LogP contribution is 2.24. The Hall–Kier alpha value is -2.19. The number of hydrogen-bond acceptors (Lipinski definition) is 5. The van der Waals surface area contributed by atoms with E-state index in [4.69, 9.17) is 4.74 Å². The van der Waals surface area contributed by atoms with E-state index in [-0.39, 0.29) is 18.6 Å². The number of nitrogens with zero attached hydrogens (tertiary/aromatic N) is 5. The number of imidazole rings is 1. The van der Waals surface area contributed by atoms with Gasteiger partial charge in [0.2, 0.25) is 5.91 Å². The van der Waals surface area contributed by atoms with Gasteiger partial charge in [-0.2, -0.15) is 5.10 Å². The van der Waals surface area contributed by atoms with Crippen molar-refractivity contribution in [2.45, 2.75) is 32.5 Å². The number of carbonyl (C=O) groups excluding carboxylic acids is 1. The van der Waals surface area contributed by atoms with Gasteiger partial charge in [-0.25, -0.2) is 4.98 Å². The van der Waals surface area contributed by atoms with Gasteiger partial charge >= 0.3 is 0 Å². The van der Waals surface area contributed by atoms with E-state index < -0.39 is 0 Å². The van der Waals surface area contributed by atoms with Gasteiger partial charge in [-0.15, -0.1) is 0 Å². The number of hydrogen-bond donors (Lipinski definition) is 1. The molecule has 136 valence electrons. The van der Waals surface area contributed by atoms with Crippen LogP contribution in [0.2, 0.25) is 0 Å². The minimum Gasteiger partial charge on any atom is -0.370 e. The number of likely N-dealkylation sites (N-methyl/N-ethyl adjacent to an activating group) is 1. The van der Waals surface area contributed by atoms with Crippen LogP contribution in [0, 0.1) is 6.92 Å². The van der Waals surface area contributed by atoms with E-state index in [1.807, 2.05) is 20.3 Å². The van der Waals surface area contributed by atoms with Gasteiger partial charge in [-0.1, -0.05) is 0 Å². The first-order chi connectivity index (χ1) is 11.9. The fourth-order valence-corrected chi connectivity index (χ4v) is 3.10. The summed E-state index contributed by atoms with van der Waals surface area (Å²) in [7, 11) is 5.49. The number of carbonyl (C=O) groups is 1. The topological polar surface area (TPSA) is 79.3 Å². The molecular weight excluding hydrogens is 320 g/mol. The number of ether oxygens (including phenoxy) is 1. The molecule has 0 saturated carbocycles. The van der Waals surface area contributed by atoms with E-state index in [0.29, 0.717) is 6.61 Å². The number of fused-ring (bicyclic) bond motifs is 1. The normalized spacial score (nSPS) is 17.5. The highest BCUT2D eigenvalue weighted by Gasteiger charge is 2.29. The van der Waals surface area contributed by atoms with E-state index in [2.05, 4.69) is 30.7 Å². The van der Waals surface area contributed by atoms with E-state index in [0.717, 1.165) is 36.6 Å². The lowest BCUT2D eigenvalue weighted by Gasteiger charge is -2.34. The summed E-state index contributed by atoms with van der Waals surface area (Å²) < 4.78 is 7.78. The molecule has 25 heavy (non-hydrogen) atoms. The summed E-state index contributed by atoms with van der Waals surface area (Å²) in [6.07, 6.45) is 2.71. The third-order valence-electron chi connectivity index (χ3n) is 4.60. The fourth-order valence-electron chi connectivity index (χ4n) is 3.10. The third-order valence-corrected chi connectivity index (χ3v) is 4.60. The number of rotatable bonds is 6. The molecule has 0 spiro atoms. The summed E-state index contributed by atoms with van der Waals surface area (Å²) >= 11 is 0. The van der Waals surface area contributed by atoms with Crippen molar-refractivity contribution in [3.63, 3.8) is 0 Å². The molecule has 0 saturated heterocycles. The molecule has 1 atom stereocenters. The molecule has 0 aliphatic carbocycles. The number of aromatic nitrogens is 4. The largest absolute Gasteiger partial charge is 0.370 e. The van der Waals surface area contributed by atoms with Gasteiger partial charge in [0.1, 0.15) is 6.61 Å². The van der Waals surface area contributed by atoms with Crippen molar-refractivity contribution < 1.29 is 9.53 Å². The number of aryl methyl sites for hydroxylation is 2. The van der Waals surface area contributed by atoms with Crippen LogP contribution < -0.4 is 0 Å². The first-order valence-electron chi connectivity index (χ1n) is 8.46. The monoisotopic (exact) mass is 346 g/mol. The van der Waals surface area contributed by atoms with Gasteiger partial charge in [0.05, 0.1) is 24.3 Å². The molecule has 1 aliphatic heterocycles. The number of nitrogens with one attached hydrogen (secondary N) is 1. The maximum absolute atomic E-state index is 11.7. The molecule has 0 radical (unpaired) electrons. The molecule has 3 heterocycles. The SMILES string of the molecule is Cc1cc(CN2Cc3ncn(C)c3C[C@@H]2COCC(=O)N(C)C)n[nH]1. The summed E-state index contributed by atoms with van der Waals surface area (Å²) in [6, 6.07) is 2.25. The van der Waals surface area contributed by atoms with E-state index in [1.54, 1.807) is 19.0 Å². The van der Waals surface area contributed by atoms with Gasteiger partial charge in [-0.05, 0) is 13.0 Å². The predicted octanol–water partition coefficient (Wildman–Crippen LogP) is 0.483. The van der Waals surface area contributed by atoms with Crippen molar-refractivity contribution in [3.8, 4) is 0 Å². The smallest absolute Gasteiger partial charge is 0.248 e. The lowest BCUT2D eigenvalue weighted by Crippen LogP contribution is -2.44. The summed E-state index contributed by atoms with van der Waals surface area (Å²) in [5.41, 5.74) is 4.40. The molecule has 2 aromatic heterocycles. The van der Waals surface area contributed by atoms with Gasteiger partial charge in [0.15, 0.2) is 0 Å². The van der Waals surface area contributed by atoms with Crippen molar-refractivity contribution in [1.29, 1.82) is 0 Å². The van der Waals surface area contributed by atoms with Gasteiger partial charge in [0, 0.05) is 58.1 Å². The van der Waals surface area contributed by atoms with E-state index in [9.17, 15) is 4.79 Å². The molecule has 8 nitrogen and oxygen atoms in total. The Labute approximate surface area is 147 Å². The second-order valence-electron chi connectivity index (χ2n) is 6.86. The van der Waals surface area contributed by atoms with Crippen LogP contribution in [0.4, 0.5) is 0 Å². The molecule has 3 rings (SSSR count). The van der Waals surface area contributed by atoms with Gasteiger partial charge < -0.3 is 14.2 Å². The summed E-state index contributed by atoms with van der Waals surface area (Å²) in [5.74, 6) is -0.0218. The Bertz CT molecular complexity index is 735. The van der Waals surface area contributed by atoms with E-state index in [1.165, 1.54) is 5.69 Å². The molecule has 0 aromatic carbocycles. The Morgan fingerprint density at radius 2 is 2.28 bits per heavy atom. The molecule has 1 aliphatic rings. The molecule has 8 heteroatoms. The zero-order valence-corrected chi connectivity index (χ0v) is 15.3. The minimum absolute atomic E-state index is 0.0218. The summed E-state index contributed by atoms with van der Waals surface area (Å²) in [6.45, 7) is 4.11. The van der Waals surface area contributed by atoms with Crippen LogP contribution in [0.1, 0.15) is 22.8 Å². The second kappa shape index (κ2) is 7.37. The fraction of sp³-hybridized carbons (Fsp3) is 0.588. The number of aromatic amines is 1. The standard InChI is InChI=1S/C17H26N6O2/c1-12-5-13(20-19-12)7-23-8-15-16(22(4)11-18-15)6-14(23)9-25-10-17(24)21(2)3/h5,11,14H,6-10H2,1-4H3,(H,19,20)/t14-/m1/s1. The number of amides is 1. The molecule has 2 aromatic rings. The van der Waals surface area contributed by atoms with Crippen LogP contribution in [0.3, 0.4) is 0 Å². The highest BCUT2D eigenvalue weighted by atomic mass is 16.5.